The molecule has 5 heterocycles. The molecule has 1 aliphatic carbocycles. The van der Waals surface area contributed by atoms with Gasteiger partial charge in [0.1, 0.15) is 11.5 Å². The summed E-state index contributed by atoms with van der Waals surface area (Å²) in [4.78, 5) is 25.0. The van der Waals surface area contributed by atoms with Crippen LogP contribution in [-0.4, -0.2) is 56.9 Å². The first-order valence-electron chi connectivity index (χ1n) is 10.9. The van der Waals surface area contributed by atoms with Crippen LogP contribution in [0.25, 0.3) is 38.9 Å². The van der Waals surface area contributed by atoms with Crippen LogP contribution < -0.4 is 10.2 Å². The molecule has 0 atom stereocenters. The zero-order valence-electron chi connectivity index (χ0n) is 17.8. The highest BCUT2D eigenvalue weighted by Crippen LogP contribution is 2.36. The van der Waals surface area contributed by atoms with Crippen molar-refractivity contribution >= 4 is 45.1 Å². The van der Waals surface area contributed by atoms with Crippen LogP contribution in [0.1, 0.15) is 12.5 Å². The van der Waals surface area contributed by atoms with Crippen LogP contribution in [0.2, 0.25) is 0 Å². The summed E-state index contributed by atoms with van der Waals surface area (Å²) < 4.78 is 0. The number of aromatic nitrogens is 5. The van der Waals surface area contributed by atoms with Gasteiger partial charge < -0.3 is 15.2 Å². The van der Waals surface area contributed by atoms with E-state index in [0.717, 1.165) is 75.8 Å². The summed E-state index contributed by atoms with van der Waals surface area (Å²) in [6, 6.07) is 4.16. The lowest BCUT2D eigenvalue weighted by Gasteiger charge is -2.30. The topological polar surface area (TPSA) is 82.6 Å². The number of nitrogens with zero attached hydrogens (tertiary/aromatic N) is 5. The van der Waals surface area contributed by atoms with Gasteiger partial charge in [0, 0.05) is 55.1 Å². The summed E-state index contributed by atoms with van der Waals surface area (Å²) >= 11 is 1.77. The standard InChI is InChI=1S/C24H23N7S/c1-2-32-20-12-17-16(6-7-27-22(17)29-20)23-28-19-14-26-13-18(15-4-3-5-15)21(19)24(30-23)31-10-8-25-9-11-31/h3-7,12-14,25H,2,8-11H2,1H3,(H,27,29). The number of rotatable bonds is 5. The van der Waals surface area contributed by atoms with Crippen LogP contribution in [-0.2, 0) is 0 Å². The van der Waals surface area contributed by atoms with Gasteiger partial charge in [-0.25, -0.2) is 15.0 Å². The van der Waals surface area contributed by atoms with Gasteiger partial charge >= 0.3 is 0 Å². The van der Waals surface area contributed by atoms with Gasteiger partial charge in [-0.2, -0.15) is 0 Å². The number of nitrogens with one attached hydrogen (secondary N) is 2. The lowest BCUT2D eigenvalue weighted by molar-refractivity contribution is 0.586. The molecule has 8 heteroatoms. The smallest absolute Gasteiger partial charge is 0.163 e. The molecule has 0 spiro atoms. The summed E-state index contributed by atoms with van der Waals surface area (Å²) in [6.07, 6.45) is 11.9. The average Bonchev–Trinajstić information content (AvgIpc) is 3.21. The van der Waals surface area contributed by atoms with Crippen molar-refractivity contribution in [2.24, 2.45) is 0 Å². The maximum atomic E-state index is 5.16. The van der Waals surface area contributed by atoms with Gasteiger partial charge in [0.15, 0.2) is 5.82 Å². The van der Waals surface area contributed by atoms with Crippen molar-refractivity contribution in [2.45, 2.75) is 11.9 Å². The van der Waals surface area contributed by atoms with Crippen molar-refractivity contribution in [1.82, 2.24) is 30.2 Å². The van der Waals surface area contributed by atoms with Gasteiger partial charge in [-0.05, 0) is 23.5 Å². The number of fused-ring (bicyclic) bond motifs is 2. The third-order valence-electron chi connectivity index (χ3n) is 5.91. The zero-order valence-corrected chi connectivity index (χ0v) is 18.6. The van der Waals surface area contributed by atoms with E-state index in [0.29, 0.717) is 5.82 Å². The van der Waals surface area contributed by atoms with Gasteiger partial charge in [-0.15, -0.1) is 11.8 Å². The maximum Gasteiger partial charge on any atom is 0.163 e. The van der Waals surface area contributed by atoms with Gasteiger partial charge in [0.25, 0.3) is 0 Å². The van der Waals surface area contributed by atoms with E-state index in [2.05, 4.69) is 56.4 Å². The van der Waals surface area contributed by atoms with E-state index in [1.807, 2.05) is 24.7 Å². The molecule has 1 aliphatic heterocycles. The first-order valence-corrected chi connectivity index (χ1v) is 11.9. The quantitative estimate of drug-likeness (QED) is 0.452. The minimum atomic E-state index is 0.711. The van der Waals surface area contributed by atoms with Gasteiger partial charge in [-0.3, -0.25) is 4.98 Å². The Balaban J connectivity index is 1.58. The maximum absolute atomic E-state index is 5.16. The summed E-state index contributed by atoms with van der Waals surface area (Å²) in [5.41, 5.74) is 4.98. The molecule has 32 heavy (non-hydrogen) atoms. The van der Waals surface area contributed by atoms with Crippen molar-refractivity contribution in [3.05, 3.63) is 54.5 Å². The Morgan fingerprint density at radius 1 is 1.12 bits per heavy atom. The average molecular weight is 442 g/mol. The van der Waals surface area contributed by atoms with Crippen molar-refractivity contribution in [1.29, 1.82) is 0 Å². The molecule has 160 valence electrons. The number of hydrogen-bond acceptors (Lipinski definition) is 7. The lowest BCUT2D eigenvalue weighted by Crippen LogP contribution is -2.44. The molecule has 0 amide bonds. The fourth-order valence-electron chi connectivity index (χ4n) is 4.31. The second-order valence-corrected chi connectivity index (χ2v) is 9.16. The lowest BCUT2D eigenvalue weighted by atomic mass is 9.97. The molecule has 7 nitrogen and oxygen atoms in total. The number of hydrogen-bond donors (Lipinski definition) is 2. The second kappa shape index (κ2) is 8.03. The zero-order chi connectivity index (χ0) is 21.5. The minimum Gasteiger partial charge on any atom is -0.353 e. The van der Waals surface area contributed by atoms with E-state index in [4.69, 9.17) is 9.97 Å². The molecule has 1 fully saturated rings. The predicted molar refractivity (Wildman–Crippen MR) is 131 cm³/mol. The number of H-pyrrole nitrogens is 1. The monoisotopic (exact) mass is 441 g/mol. The number of aromatic amines is 1. The van der Waals surface area contributed by atoms with Gasteiger partial charge in [0.05, 0.1) is 22.1 Å². The Hall–Kier alpha value is -3.23. The molecular weight excluding hydrogens is 418 g/mol. The summed E-state index contributed by atoms with van der Waals surface area (Å²) in [6.45, 7) is 5.86. The van der Waals surface area contributed by atoms with E-state index in [9.17, 15) is 0 Å². The third-order valence-corrected chi connectivity index (χ3v) is 6.73. The molecule has 4 aromatic heterocycles. The van der Waals surface area contributed by atoms with Crippen LogP contribution >= 0.6 is 11.8 Å². The van der Waals surface area contributed by atoms with Crippen LogP contribution in [0.15, 0.2) is 54.0 Å². The van der Waals surface area contributed by atoms with Gasteiger partial charge in [-0.1, -0.05) is 25.2 Å². The Morgan fingerprint density at radius 2 is 2.00 bits per heavy atom. The number of allylic oxidation sites excluding steroid dienone is 4. The predicted octanol–water partition coefficient (Wildman–Crippen LogP) is 4.04. The van der Waals surface area contributed by atoms with Crippen LogP contribution in [0.3, 0.4) is 0 Å². The molecule has 1 saturated heterocycles. The molecule has 2 aliphatic rings. The first-order chi connectivity index (χ1) is 15.8. The number of pyridine rings is 2. The van der Waals surface area contributed by atoms with E-state index in [1.54, 1.807) is 11.8 Å². The highest BCUT2D eigenvalue weighted by Gasteiger charge is 2.22. The SMILES string of the molecule is CCSc1cc2c(-c3nc(N4CCNCC4)c4c(C5=CC=C5)cncc4n3)ccnc2[nH]1. The highest BCUT2D eigenvalue weighted by atomic mass is 32.2. The molecule has 2 N–H and O–H groups in total. The molecular formula is C24H23N7S. The highest BCUT2D eigenvalue weighted by molar-refractivity contribution is 7.99. The van der Waals surface area contributed by atoms with E-state index < -0.39 is 0 Å². The first kappa shape index (κ1) is 19.5. The van der Waals surface area contributed by atoms with Crippen LogP contribution in [0.5, 0.6) is 0 Å². The molecule has 6 rings (SSSR count). The fraction of sp³-hybridized carbons (Fsp3) is 0.250. The second-order valence-electron chi connectivity index (χ2n) is 7.86. The number of anilines is 1. The third kappa shape index (κ3) is 3.27. The molecule has 0 saturated carbocycles. The number of piperazine rings is 1. The fourth-order valence-corrected chi connectivity index (χ4v) is 4.99. The van der Waals surface area contributed by atoms with Gasteiger partial charge in [0.2, 0.25) is 0 Å². The Morgan fingerprint density at radius 3 is 2.78 bits per heavy atom. The summed E-state index contributed by atoms with van der Waals surface area (Å²) in [7, 11) is 0. The molecule has 0 radical (unpaired) electrons. The van der Waals surface area contributed by atoms with Crippen molar-refractivity contribution < 1.29 is 0 Å². The normalized spacial score (nSPS) is 15.9. The summed E-state index contributed by atoms with van der Waals surface area (Å²) in [5, 5.41) is 6.67. The largest absolute Gasteiger partial charge is 0.353 e. The Kier molecular flexibility index (Phi) is 4.88. The number of thioether (sulfide) groups is 1. The van der Waals surface area contributed by atoms with E-state index in [-0.39, 0.29) is 0 Å². The van der Waals surface area contributed by atoms with Crippen molar-refractivity contribution in [2.75, 3.05) is 36.8 Å². The molecule has 0 unspecified atom stereocenters. The molecule has 4 aromatic rings. The molecule has 0 aromatic carbocycles. The van der Waals surface area contributed by atoms with Crippen LogP contribution in [0.4, 0.5) is 5.82 Å². The van der Waals surface area contributed by atoms with Crippen molar-refractivity contribution in [3.8, 4) is 11.4 Å². The van der Waals surface area contributed by atoms with Crippen molar-refractivity contribution in [3.63, 3.8) is 0 Å². The minimum absolute atomic E-state index is 0.711. The van der Waals surface area contributed by atoms with E-state index in [1.165, 1.54) is 5.57 Å². The van der Waals surface area contributed by atoms with Crippen LogP contribution in [0, 0.1) is 0 Å². The molecule has 0 bridgehead atoms. The Labute approximate surface area is 190 Å². The summed E-state index contributed by atoms with van der Waals surface area (Å²) in [5.74, 6) is 2.69. The Bertz CT molecular complexity index is 1380. The van der Waals surface area contributed by atoms with E-state index >= 15 is 0 Å².